The van der Waals surface area contributed by atoms with Crippen molar-refractivity contribution in [1.82, 2.24) is 0 Å². The first-order chi connectivity index (χ1) is 11.1. The van der Waals surface area contributed by atoms with Gasteiger partial charge in [-0.2, -0.15) is 0 Å². The molecule has 1 nitrogen and oxygen atoms in total. The molecule has 120 valence electrons. The number of aryl methyl sites for hydroxylation is 2. The van der Waals surface area contributed by atoms with Gasteiger partial charge in [-0.1, -0.05) is 49.7 Å². The molecule has 0 saturated carbocycles. The first-order valence-corrected chi connectivity index (χ1v) is 8.94. The number of hydrogen-bond acceptors (Lipinski definition) is 2. The molecule has 0 aliphatic carbocycles. The van der Waals surface area contributed by atoms with E-state index >= 15 is 0 Å². The van der Waals surface area contributed by atoms with Crippen LogP contribution < -0.4 is 5.73 Å². The quantitative estimate of drug-likeness (QED) is 0.568. The van der Waals surface area contributed by atoms with Crippen molar-refractivity contribution in [3.8, 4) is 10.4 Å². The lowest BCUT2D eigenvalue weighted by Crippen LogP contribution is -1.90. The first-order valence-electron chi connectivity index (χ1n) is 8.12. The minimum atomic E-state index is 0.817. The predicted molar refractivity (Wildman–Crippen MR) is 104 cm³/mol. The molecule has 2 N–H and O–H groups in total. The number of anilines is 1. The molecule has 0 atom stereocenters. The summed E-state index contributed by atoms with van der Waals surface area (Å²) < 4.78 is 0. The Labute approximate surface area is 143 Å². The molecule has 0 unspecified atom stereocenters. The van der Waals surface area contributed by atoms with Crippen molar-refractivity contribution in [2.75, 3.05) is 5.73 Å². The third-order valence-electron chi connectivity index (χ3n) is 3.70. The molecule has 0 spiro atoms. The molecule has 0 aliphatic rings. The highest BCUT2D eigenvalue weighted by Gasteiger charge is 2.06. The minimum absolute atomic E-state index is 0.817. The van der Waals surface area contributed by atoms with Gasteiger partial charge in [-0.25, -0.2) is 0 Å². The molecule has 3 rings (SSSR count). The van der Waals surface area contributed by atoms with Crippen LogP contribution in [-0.4, -0.2) is 0 Å². The molecule has 23 heavy (non-hydrogen) atoms. The van der Waals surface area contributed by atoms with E-state index in [0.717, 1.165) is 12.1 Å². The maximum atomic E-state index is 5.87. The van der Waals surface area contributed by atoms with Crippen molar-refractivity contribution in [2.45, 2.75) is 34.1 Å². The summed E-state index contributed by atoms with van der Waals surface area (Å²) in [4.78, 5) is 2.67. The molecular weight excluding hydrogens is 298 g/mol. The van der Waals surface area contributed by atoms with Crippen LogP contribution in [0.1, 0.15) is 35.4 Å². The summed E-state index contributed by atoms with van der Waals surface area (Å²) in [5.74, 6) is 0. The summed E-state index contributed by atoms with van der Waals surface area (Å²) in [7, 11) is 0. The zero-order chi connectivity index (χ0) is 16.8. The molecule has 2 aromatic carbocycles. The second kappa shape index (κ2) is 7.98. The van der Waals surface area contributed by atoms with Crippen molar-refractivity contribution in [3.63, 3.8) is 0 Å². The minimum Gasteiger partial charge on any atom is -0.399 e. The predicted octanol–water partition coefficient (Wildman–Crippen LogP) is 6.23. The molecular formula is C21H25NS. The van der Waals surface area contributed by atoms with Gasteiger partial charge in [0.2, 0.25) is 0 Å². The van der Waals surface area contributed by atoms with Gasteiger partial charge in [0.05, 0.1) is 0 Å². The summed E-state index contributed by atoms with van der Waals surface area (Å²) in [6, 6.07) is 19.2. The standard InChI is InChI=1S/C19H19NS.C2H6/c1-13-6-7-14(2)16(10-13)12-18-8-9-19(21-18)15-4-3-5-17(20)11-15;1-2/h3-11H,12,20H2,1-2H3;1-2H3. The maximum absolute atomic E-state index is 5.87. The van der Waals surface area contributed by atoms with Gasteiger partial charge in [-0.05, 0) is 54.8 Å². The molecule has 0 radical (unpaired) electrons. The Morgan fingerprint density at radius 1 is 0.913 bits per heavy atom. The Bertz CT molecular complexity index is 771. The summed E-state index contributed by atoms with van der Waals surface area (Å²) >= 11 is 1.85. The Hall–Kier alpha value is -2.06. The lowest BCUT2D eigenvalue weighted by Gasteiger charge is -2.05. The van der Waals surface area contributed by atoms with Crippen LogP contribution in [0.4, 0.5) is 5.69 Å². The first kappa shape index (κ1) is 17.3. The fourth-order valence-corrected chi connectivity index (χ4v) is 3.53. The van der Waals surface area contributed by atoms with Crippen LogP contribution in [0.5, 0.6) is 0 Å². The number of thiophene rings is 1. The highest BCUT2D eigenvalue weighted by Crippen LogP contribution is 2.31. The van der Waals surface area contributed by atoms with E-state index in [1.807, 2.05) is 43.4 Å². The third-order valence-corrected chi connectivity index (χ3v) is 4.84. The number of rotatable bonds is 3. The van der Waals surface area contributed by atoms with E-state index in [1.54, 1.807) is 0 Å². The molecule has 0 saturated heterocycles. The maximum Gasteiger partial charge on any atom is 0.0346 e. The van der Waals surface area contributed by atoms with E-state index in [4.69, 9.17) is 5.73 Å². The Morgan fingerprint density at radius 3 is 2.43 bits per heavy atom. The molecule has 2 heteroatoms. The normalized spacial score (nSPS) is 10.1. The number of nitrogen functional groups attached to an aromatic ring is 1. The fraction of sp³-hybridized carbons (Fsp3) is 0.238. The van der Waals surface area contributed by atoms with Gasteiger partial charge in [0.1, 0.15) is 0 Å². The topological polar surface area (TPSA) is 26.0 Å². The monoisotopic (exact) mass is 323 g/mol. The van der Waals surface area contributed by atoms with Crippen molar-refractivity contribution in [3.05, 3.63) is 76.2 Å². The second-order valence-electron chi connectivity index (χ2n) is 5.50. The van der Waals surface area contributed by atoms with E-state index in [0.29, 0.717) is 0 Å². The largest absolute Gasteiger partial charge is 0.399 e. The summed E-state index contributed by atoms with van der Waals surface area (Å²) in [6.07, 6.45) is 1.00. The van der Waals surface area contributed by atoms with Gasteiger partial charge in [0.25, 0.3) is 0 Å². The third kappa shape index (κ3) is 4.46. The average molecular weight is 324 g/mol. The van der Waals surface area contributed by atoms with E-state index in [-0.39, 0.29) is 0 Å². The van der Waals surface area contributed by atoms with Crippen LogP contribution in [0.2, 0.25) is 0 Å². The van der Waals surface area contributed by atoms with Crippen LogP contribution in [0.3, 0.4) is 0 Å². The molecule has 0 fully saturated rings. The van der Waals surface area contributed by atoms with Gasteiger partial charge in [-0.3, -0.25) is 0 Å². The van der Waals surface area contributed by atoms with E-state index in [1.165, 1.54) is 32.0 Å². The molecule has 1 heterocycles. The van der Waals surface area contributed by atoms with Crippen molar-refractivity contribution < 1.29 is 0 Å². The van der Waals surface area contributed by atoms with Crippen LogP contribution in [0.25, 0.3) is 10.4 Å². The van der Waals surface area contributed by atoms with Crippen LogP contribution in [0, 0.1) is 13.8 Å². The lowest BCUT2D eigenvalue weighted by molar-refractivity contribution is 1.18. The summed E-state index contributed by atoms with van der Waals surface area (Å²) in [5, 5.41) is 0. The van der Waals surface area contributed by atoms with Crippen molar-refractivity contribution in [1.29, 1.82) is 0 Å². The molecule has 0 aliphatic heterocycles. The number of nitrogens with two attached hydrogens (primary N) is 1. The van der Waals surface area contributed by atoms with Crippen molar-refractivity contribution in [2.24, 2.45) is 0 Å². The van der Waals surface area contributed by atoms with Gasteiger partial charge >= 0.3 is 0 Å². The molecule has 3 aromatic rings. The smallest absolute Gasteiger partial charge is 0.0346 e. The molecule has 0 amide bonds. The van der Waals surface area contributed by atoms with Crippen LogP contribution >= 0.6 is 11.3 Å². The van der Waals surface area contributed by atoms with E-state index < -0.39 is 0 Å². The van der Waals surface area contributed by atoms with Crippen LogP contribution in [-0.2, 0) is 6.42 Å². The summed E-state index contributed by atoms with van der Waals surface area (Å²) in [5.41, 5.74) is 12.0. The Morgan fingerprint density at radius 2 is 1.70 bits per heavy atom. The molecule has 0 bridgehead atoms. The highest BCUT2D eigenvalue weighted by atomic mass is 32.1. The van der Waals surface area contributed by atoms with Gasteiger partial charge < -0.3 is 5.73 Å². The molecule has 1 aromatic heterocycles. The second-order valence-corrected chi connectivity index (χ2v) is 6.67. The van der Waals surface area contributed by atoms with E-state index in [2.05, 4.69) is 50.2 Å². The van der Waals surface area contributed by atoms with Gasteiger partial charge in [0, 0.05) is 21.9 Å². The fourth-order valence-electron chi connectivity index (χ4n) is 2.50. The average Bonchev–Trinajstić information content (AvgIpc) is 3.01. The SMILES string of the molecule is CC.Cc1ccc(C)c(Cc2ccc(-c3cccc(N)c3)s2)c1. The van der Waals surface area contributed by atoms with Gasteiger partial charge in [0.15, 0.2) is 0 Å². The Kier molecular flexibility index (Phi) is 6.00. The van der Waals surface area contributed by atoms with Crippen molar-refractivity contribution >= 4 is 17.0 Å². The number of hydrogen-bond donors (Lipinski definition) is 1. The summed E-state index contributed by atoms with van der Waals surface area (Å²) in [6.45, 7) is 8.33. The highest BCUT2D eigenvalue weighted by molar-refractivity contribution is 7.15. The zero-order valence-corrected chi connectivity index (χ0v) is 15.2. The zero-order valence-electron chi connectivity index (χ0n) is 14.4. The van der Waals surface area contributed by atoms with E-state index in [9.17, 15) is 0 Å². The van der Waals surface area contributed by atoms with Gasteiger partial charge in [-0.15, -0.1) is 11.3 Å². The lowest BCUT2D eigenvalue weighted by atomic mass is 10.0. The number of benzene rings is 2. The Balaban J connectivity index is 0.000000924. The van der Waals surface area contributed by atoms with Crippen LogP contribution in [0.15, 0.2) is 54.6 Å².